The van der Waals surface area contributed by atoms with Crippen LogP contribution in [0.5, 0.6) is 0 Å². The molecule has 1 aromatic heterocycles. The lowest BCUT2D eigenvalue weighted by atomic mass is 9.75. The molecule has 1 heterocycles. The third-order valence-electron chi connectivity index (χ3n) is 4.21. The minimum atomic E-state index is -0.623. The summed E-state index contributed by atoms with van der Waals surface area (Å²) in [4.78, 5) is 15.8. The lowest BCUT2D eigenvalue weighted by molar-refractivity contribution is -0.0177. The van der Waals surface area contributed by atoms with Crippen molar-refractivity contribution in [1.29, 1.82) is 0 Å². The number of hydrogen-bond acceptors (Lipinski definition) is 3. The van der Waals surface area contributed by atoms with Gasteiger partial charge in [0.15, 0.2) is 5.82 Å². The number of ether oxygens (including phenoxy) is 1. The highest BCUT2D eigenvalue weighted by Crippen LogP contribution is 2.35. The van der Waals surface area contributed by atoms with Crippen molar-refractivity contribution in [2.24, 2.45) is 17.8 Å². The van der Waals surface area contributed by atoms with E-state index in [-0.39, 0.29) is 11.7 Å². The van der Waals surface area contributed by atoms with Crippen molar-refractivity contribution in [2.45, 2.75) is 46.1 Å². The lowest BCUT2D eigenvalue weighted by Gasteiger charge is -2.36. The number of pyridine rings is 1. The van der Waals surface area contributed by atoms with E-state index in [0.29, 0.717) is 17.8 Å². The molecule has 0 N–H and O–H groups in total. The van der Waals surface area contributed by atoms with E-state index in [1.165, 1.54) is 18.7 Å². The standard InChI is InChI=1S/C16H22FNO2/c1-10(2)12-5-4-11(3)8-15(12)20-16(19)13-6-7-18-9-14(13)17/h6-7,9-12,15H,4-5,8H2,1-3H3. The smallest absolute Gasteiger partial charge is 0.341 e. The van der Waals surface area contributed by atoms with Gasteiger partial charge < -0.3 is 4.74 Å². The van der Waals surface area contributed by atoms with E-state index in [1.807, 2.05) is 0 Å². The van der Waals surface area contributed by atoms with Crippen molar-refractivity contribution in [3.8, 4) is 0 Å². The number of carbonyl (C=O) groups excluding carboxylic acids is 1. The summed E-state index contributed by atoms with van der Waals surface area (Å²) in [6, 6.07) is 1.37. The Balaban J connectivity index is 2.10. The van der Waals surface area contributed by atoms with Gasteiger partial charge in [-0.1, -0.05) is 27.2 Å². The van der Waals surface area contributed by atoms with Crippen molar-refractivity contribution in [3.05, 3.63) is 29.8 Å². The van der Waals surface area contributed by atoms with Crippen LogP contribution in [0.1, 0.15) is 50.4 Å². The maximum absolute atomic E-state index is 13.6. The first-order valence-electron chi connectivity index (χ1n) is 7.29. The molecular weight excluding hydrogens is 257 g/mol. The van der Waals surface area contributed by atoms with Gasteiger partial charge in [0, 0.05) is 6.20 Å². The fraction of sp³-hybridized carbons (Fsp3) is 0.625. The predicted molar refractivity (Wildman–Crippen MR) is 74.7 cm³/mol. The number of rotatable bonds is 3. The molecule has 1 saturated carbocycles. The molecule has 0 aromatic carbocycles. The normalized spacial score (nSPS) is 26.6. The SMILES string of the molecule is CC1CCC(C(C)C)C(OC(=O)c2ccncc2F)C1. The van der Waals surface area contributed by atoms with E-state index in [0.717, 1.165) is 19.0 Å². The van der Waals surface area contributed by atoms with Crippen LogP contribution in [0, 0.1) is 23.6 Å². The topological polar surface area (TPSA) is 39.2 Å². The van der Waals surface area contributed by atoms with Crippen LogP contribution in [0.4, 0.5) is 4.39 Å². The van der Waals surface area contributed by atoms with E-state index >= 15 is 0 Å². The van der Waals surface area contributed by atoms with Crippen molar-refractivity contribution >= 4 is 5.97 Å². The highest BCUT2D eigenvalue weighted by atomic mass is 19.1. The van der Waals surface area contributed by atoms with Crippen LogP contribution >= 0.6 is 0 Å². The molecule has 1 aromatic rings. The largest absolute Gasteiger partial charge is 0.458 e. The molecule has 0 aliphatic heterocycles. The Morgan fingerprint density at radius 2 is 2.20 bits per heavy atom. The number of nitrogens with zero attached hydrogens (tertiary/aromatic N) is 1. The van der Waals surface area contributed by atoms with Gasteiger partial charge in [0.25, 0.3) is 0 Å². The summed E-state index contributed by atoms with van der Waals surface area (Å²) in [7, 11) is 0. The van der Waals surface area contributed by atoms with Crippen LogP contribution < -0.4 is 0 Å². The Hall–Kier alpha value is -1.45. The second-order valence-electron chi connectivity index (χ2n) is 6.13. The average molecular weight is 279 g/mol. The monoisotopic (exact) mass is 279 g/mol. The van der Waals surface area contributed by atoms with Crippen molar-refractivity contribution in [2.75, 3.05) is 0 Å². The molecule has 2 rings (SSSR count). The maximum Gasteiger partial charge on any atom is 0.341 e. The molecule has 110 valence electrons. The van der Waals surface area contributed by atoms with E-state index in [1.54, 1.807) is 0 Å². The summed E-state index contributed by atoms with van der Waals surface area (Å²) >= 11 is 0. The van der Waals surface area contributed by atoms with Crippen molar-refractivity contribution < 1.29 is 13.9 Å². The first kappa shape index (κ1) is 14.9. The first-order chi connectivity index (χ1) is 9.49. The molecule has 1 aliphatic carbocycles. The summed E-state index contributed by atoms with van der Waals surface area (Å²) in [5, 5.41) is 0. The van der Waals surface area contributed by atoms with E-state index in [2.05, 4.69) is 25.8 Å². The number of esters is 1. The molecule has 0 bridgehead atoms. The van der Waals surface area contributed by atoms with Crippen LogP contribution in [0.2, 0.25) is 0 Å². The molecule has 3 unspecified atom stereocenters. The molecule has 3 atom stereocenters. The molecule has 0 radical (unpaired) electrons. The Morgan fingerprint density at radius 1 is 1.45 bits per heavy atom. The van der Waals surface area contributed by atoms with E-state index in [9.17, 15) is 9.18 Å². The number of carbonyl (C=O) groups is 1. The van der Waals surface area contributed by atoms with Gasteiger partial charge >= 0.3 is 5.97 Å². The lowest BCUT2D eigenvalue weighted by Crippen LogP contribution is -2.36. The first-order valence-corrected chi connectivity index (χ1v) is 7.29. The van der Waals surface area contributed by atoms with Crippen LogP contribution in [0.15, 0.2) is 18.5 Å². The summed E-state index contributed by atoms with van der Waals surface area (Å²) in [6.45, 7) is 6.47. The number of hydrogen-bond donors (Lipinski definition) is 0. The fourth-order valence-electron chi connectivity index (χ4n) is 2.99. The van der Waals surface area contributed by atoms with Crippen LogP contribution in [-0.2, 0) is 4.74 Å². The summed E-state index contributed by atoms with van der Waals surface area (Å²) < 4.78 is 19.2. The fourth-order valence-corrected chi connectivity index (χ4v) is 2.99. The van der Waals surface area contributed by atoms with Crippen molar-refractivity contribution in [3.63, 3.8) is 0 Å². The van der Waals surface area contributed by atoms with Gasteiger partial charge in [-0.05, 0) is 36.7 Å². The zero-order valence-corrected chi connectivity index (χ0v) is 12.3. The Bertz CT molecular complexity index is 475. The second kappa shape index (κ2) is 6.33. The minimum Gasteiger partial charge on any atom is -0.458 e. The highest BCUT2D eigenvalue weighted by Gasteiger charge is 2.33. The predicted octanol–water partition coefficient (Wildman–Crippen LogP) is 3.84. The molecule has 3 nitrogen and oxygen atoms in total. The maximum atomic E-state index is 13.6. The van der Waals surface area contributed by atoms with Gasteiger partial charge in [-0.2, -0.15) is 0 Å². The average Bonchev–Trinajstić information content (AvgIpc) is 2.38. The molecule has 20 heavy (non-hydrogen) atoms. The molecule has 0 amide bonds. The number of halogens is 1. The second-order valence-corrected chi connectivity index (χ2v) is 6.13. The van der Waals surface area contributed by atoms with Gasteiger partial charge in [-0.15, -0.1) is 0 Å². The third kappa shape index (κ3) is 3.35. The Labute approximate surface area is 119 Å². The summed E-state index contributed by atoms with van der Waals surface area (Å²) in [5.41, 5.74) is -0.0271. The van der Waals surface area contributed by atoms with Gasteiger partial charge in [0.05, 0.1) is 11.8 Å². The quantitative estimate of drug-likeness (QED) is 0.789. The molecule has 0 spiro atoms. The van der Waals surface area contributed by atoms with Gasteiger partial charge in [0.2, 0.25) is 0 Å². The van der Waals surface area contributed by atoms with Gasteiger partial charge in [-0.3, -0.25) is 4.98 Å². The van der Waals surface area contributed by atoms with Gasteiger partial charge in [-0.25, -0.2) is 9.18 Å². The summed E-state index contributed by atoms with van der Waals surface area (Å²) in [5.74, 6) is 0.171. The van der Waals surface area contributed by atoms with Crippen molar-refractivity contribution in [1.82, 2.24) is 4.98 Å². The zero-order valence-electron chi connectivity index (χ0n) is 12.3. The molecule has 1 fully saturated rings. The third-order valence-corrected chi connectivity index (χ3v) is 4.21. The summed E-state index contributed by atoms with van der Waals surface area (Å²) in [6.07, 6.45) is 5.43. The molecule has 0 saturated heterocycles. The van der Waals surface area contributed by atoms with E-state index in [4.69, 9.17) is 4.74 Å². The molecule has 4 heteroatoms. The number of aromatic nitrogens is 1. The van der Waals surface area contributed by atoms with Crippen LogP contribution in [0.25, 0.3) is 0 Å². The highest BCUT2D eigenvalue weighted by molar-refractivity contribution is 5.89. The van der Waals surface area contributed by atoms with Gasteiger partial charge in [0.1, 0.15) is 6.10 Å². The zero-order chi connectivity index (χ0) is 14.7. The molecule has 1 aliphatic rings. The Morgan fingerprint density at radius 3 is 2.85 bits per heavy atom. The molecular formula is C16H22FNO2. The Kier molecular flexibility index (Phi) is 4.73. The minimum absolute atomic E-state index is 0.0271. The van der Waals surface area contributed by atoms with E-state index < -0.39 is 11.8 Å². The van der Waals surface area contributed by atoms with Crippen LogP contribution in [0.3, 0.4) is 0 Å². The van der Waals surface area contributed by atoms with Crippen LogP contribution in [-0.4, -0.2) is 17.1 Å².